The average molecular weight is 372 g/mol. The van der Waals surface area contributed by atoms with E-state index < -0.39 is 0 Å². The van der Waals surface area contributed by atoms with Crippen LogP contribution in [-0.4, -0.2) is 17.1 Å². The Labute approximate surface area is 162 Å². The Hall–Kier alpha value is -1.74. The number of aromatic hydroxyl groups is 1. The summed E-state index contributed by atoms with van der Waals surface area (Å²) in [5, 5.41) is 11.0. The van der Waals surface area contributed by atoms with E-state index in [-0.39, 0.29) is 16.1 Å². The molecule has 0 saturated carbocycles. The van der Waals surface area contributed by atoms with Gasteiger partial charge in [0.05, 0.1) is 11.0 Å². The Morgan fingerprint density at radius 2 is 1.42 bits per heavy atom. The summed E-state index contributed by atoms with van der Waals surface area (Å²) in [4.78, 5) is 11.0. The molecule has 140 valence electrons. The van der Waals surface area contributed by atoms with E-state index >= 15 is 0 Å². The summed E-state index contributed by atoms with van der Waals surface area (Å²) in [7, 11) is 0. The number of thioether (sulfide) groups is 1. The molecule has 2 nitrogen and oxygen atoms in total. The molecule has 0 heterocycles. The van der Waals surface area contributed by atoms with E-state index in [1.54, 1.807) is 11.8 Å². The number of hydrogen-bond acceptors (Lipinski definition) is 3. The van der Waals surface area contributed by atoms with E-state index in [0.717, 1.165) is 23.0 Å². The van der Waals surface area contributed by atoms with Crippen LogP contribution in [0.5, 0.6) is 5.75 Å². The summed E-state index contributed by atoms with van der Waals surface area (Å²) in [6.07, 6.45) is 0.955. The summed E-state index contributed by atoms with van der Waals surface area (Å²) < 4.78 is 0. The monoisotopic (exact) mass is 371 g/mol. The lowest BCUT2D eigenvalue weighted by atomic mass is 9.78. The molecule has 0 bridgehead atoms. The van der Waals surface area contributed by atoms with Crippen LogP contribution in [0.15, 0.2) is 42.5 Å². The number of rotatable bonds is 5. The number of phenolic OH excluding ortho intramolecular Hbond substituents is 1. The molecule has 0 aliphatic rings. The van der Waals surface area contributed by atoms with Crippen molar-refractivity contribution >= 4 is 18.0 Å². The first-order valence-electron chi connectivity index (χ1n) is 9.03. The predicted molar refractivity (Wildman–Crippen MR) is 112 cm³/mol. The maximum absolute atomic E-state index is 11.0. The van der Waals surface area contributed by atoms with Crippen molar-refractivity contribution < 1.29 is 9.90 Å². The van der Waals surface area contributed by atoms with E-state index in [1.165, 1.54) is 5.56 Å². The second-order valence-corrected chi connectivity index (χ2v) is 9.89. The molecule has 26 heavy (non-hydrogen) atoms. The zero-order valence-electron chi connectivity index (χ0n) is 16.7. The second-order valence-electron chi connectivity index (χ2n) is 8.76. The van der Waals surface area contributed by atoms with E-state index in [2.05, 4.69) is 65.8 Å². The lowest BCUT2D eigenvalue weighted by molar-refractivity contribution is -0.105. The van der Waals surface area contributed by atoms with Crippen molar-refractivity contribution in [3.63, 3.8) is 0 Å². The van der Waals surface area contributed by atoms with Gasteiger partial charge in [-0.05, 0) is 33.1 Å². The van der Waals surface area contributed by atoms with Gasteiger partial charge in [-0.1, -0.05) is 84.0 Å². The van der Waals surface area contributed by atoms with Crippen LogP contribution in [0.4, 0.5) is 0 Å². The highest BCUT2D eigenvalue weighted by Gasteiger charge is 2.28. The van der Waals surface area contributed by atoms with Gasteiger partial charge in [0.1, 0.15) is 12.0 Å². The zero-order valence-corrected chi connectivity index (χ0v) is 17.5. The fraction of sp³-hybridized carbons (Fsp3) is 0.435. The van der Waals surface area contributed by atoms with E-state index in [9.17, 15) is 9.90 Å². The summed E-state index contributed by atoms with van der Waals surface area (Å²) in [5.74, 6) is 0.830. The maximum atomic E-state index is 11.0. The van der Waals surface area contributed by atoms with Gasteiger partial charge in [0, 0.05) is 0 Å². The van der Waals surface area contributed by atoms with Crippen LogP contribution < -0.4 is 0 Å². The third-order valence-electron chi connectivity index (χ3n) is 4.48. The third kappa shape index (κ3) is 4.70. The van der Waals surface area contributed by atoms with Crippen LogP contribution in [0.1, 0.15) is 69.0 Å². The predicted octanol–water partition coefficient (Wildman–Crippen LogP) is 6.01. The molecule has 0 spiro atoms. The SMILES string of the molecule is CC(C)(C)c1cc(C(SC[13CH]=O)c2ccccc2)cc(C(C)(C)C)c1O. The molecule has 0 amide bonds. The van der Waals surface area contributed by atoms with Gasteiger partial charge in [-0.3, -0.25) is 0 Å². The number of benzene rings is 2. The van der Waals surface area contributed by atoms with Crippen LogP contribution in [0.25, 0.3) is 0 Å². The first kappa shape index (κ1) is 20.6. The molecule has 0 aromatic heterocycles. The van der Waals surface area contributed by atoms with Crippen molar-refractivity contribution in [2.75, 3.05) is 5.75 Å². The highest BCUT2D eigenvalue weighted by molar-refractivity contribution is 8.00. The number of aldehydes is 1. The quantitative estimate of drug-likeness (QED) is 0.517. The Morgan fingerprint density at radius 1 is 0.923 bits per heavy atom. The largest absolute Gasteiger partial charge is 0.507 e. The van der Waals surface area contributed by atoms with Gasteiger partial charge >= 0.3 is 0 Å². The third-order valence-corrected chi connectivity index (χ3v) is 5.69. The summed E-state index contributed by atoms with van der Waals surface area (Å²) in [6, 6.07) is 14.5. The van der Waals surface area contributed by atoms with Gasteiger partial charge < -0.3 is 9.90 Å². The Morgan fingerprint density at radius 3 is 1.85 bits per heavy atom. The smallest absolute Gasteiger partial charge is 0.129 e. The van der Waals surface area contributed by atoms with Crippen LogP contribution in [0.2, 0.25) is 0 Å². The van der Waals surface area contributed by atoms with Crippen molar-refractivity contribution in [2.24, 2.45) is 0 Å². The second kappa shape index (κ2) is 7.87. The number of hydrogen-bond donors (Lipinski definition) is 1. The first-order chi connectivity index (χ1) is 12.1. The van der Waals surface area contributed by atoms with Crippen LogP contribution in [-0.2, 0) is 15.6 Å². The van der Waals surface area contributed by atoms with Crippen molar-refractivity contribution in [1.29, 1.82) is 0 Å². The lowest BCUT2D eigenvalue weighted by Gasteiger charge is -2.30. The fourth-order valence-electron chi connectivity index (χ4n) is 3.10. The van der Waals surface area contributed by atoms with Crippen molar-refractivity contribution in [3.05, 3.63) is 64.7 Å². The Kier molecular flexibility index (Phi) is 6.23. The number of phenols is 1. The van der Waals surface area contributed by atoms with Gasteiger partial charge in [-0.15, -0.1) is 11.8 Å². The molecule has 1 unspecified atom stereocenters. The molecular formula is C23H30O2S. The Balaban J connectivity index is 2.70. The maximum Gasteiger partial charge on any atom is 0.129 e. The van der Waals surface area contributed by atoms with Crippen molar-refractivity contribution in [1.82, 2.24) is 0 Å². The van der Waals surface area contributed by atoms with E-state index in [0.29, 0.717) is 11.5 Å². The molecular weight excluding hydrogens is 341 g/mol. The van der Waals surface area contributed by atoms with Gasteiger partial charge in [0.2, 0.25) is 0 Å². The lowest BCUT2D eigenvalue weighted by Crippen LogP contribution is -2.18. The molecule has 0 radical (unpaired) electrons. The summed E-state index contributed by atoms with van der Waals surface area (Å²) >= 11 is 1.62. The van der Waals surface area contributed by atoms with Gasteiger partial charge in [-0.25, -0.2) is 0 Å². The van der Waals surface area contributed by atoms with Gasteiger partial charge in [-0.2, -0.15) is 0 Å². The standard InChI is InChI=1S/C23H30O2S/c1-22(2,3)18-14-17(15-19(20(18)25)23(4,5)6)21(26-13-12-24)16-10-8-7-9-11-16/h7-12,14-15,21,25H,13H2,1-6H3/i12+1. The van der Waals surface area contributed by atoms with Gasteiger partial charge in [0.15, 0.2) is 0 Å². The number of carbonyl (C=O) groups is 1. The first-order valence-corrected chi connectivity index (χ1v) is 10.1. The minimum absolute atomic E-state index is 0.0594. The van der Waals surface area contributed by atoms with Crippen molar-refractivity contribution in [2.45, 2.75) is 57.6 Å². The average Bonchev–Trinajstić information content (AvgIpc) is 2.55. The molecule has 2 aromatic carbocycles. The molecule has 0 aliphatic heterocycles. The minimum atomic E-state index is -0.170. The molecule has 2 aromatic rings. The highest BCUT2D eigenvalue weighted by Crippen LogP contribution is 2.44. The van der Waals surface area contributed by atoms with Gasteiger partial charge in [0.25, 0.3) is 0 Å². The molecule has 1 atom stereocenters. The van der Waals surface area contributed by atoms with Crippen LogP contribution in [0, 0.1) is 0 Å². The fourth-order valence-corrected chi connectivity index (χ4v) is 4.05. The van der Waals surface area contributed by atoms with E-state index in [4.69, 9.17) is 0 Å². The molecule has 0 saturated heterocycles. The molecule has 1 N–H and O–H groups in total. The summed E-state index contributed by atoms with van der Waals surface area (Å²) in [5.41, 5.74) is 3.87. The van der Waals surface area contributed by atoms with Crippen LogP contribution >= 0.6 is 11.8 Å². The summed E-state index contributed by atoms with van der Waals surface area (Å²) in [6.45, 7) is 12.7. The number of carbonyl (C=O) groups excluding carboxylic acids is 1. The normalized spacial score (nSPS) is 13.5. The van der Waals surface area contributed by atoms with E-state index in [1.807, 2.05) is 18.2 Å². The Bertz CT molecular complexity index is 717. The minimum Gasteiger partial charge on any atom is -0.507 e. The van der Waals surface area contributed by atoms with Crippen molar-refractivity contribution in [3.8, 4) is 5.75 Å². The molecule has 3 heteroatoms. The highest BCUT2D eigenvalue weighted by atomic mass is 32.2. The zero-order chi connectivity index (χ0) is 19.5. The topological polar surface area (TPSA) is 37.3 Å². The molecule has 0 aliphatic carbocycles. The molecule has 2 rings (SSSR count). The van der Waals surface area contributed by atoms with Crippen LogP contribution in [0.3, 0.4) is 0 Å². The molecule has 0 fully saturated rings.